The molecule has 1 heterocycles. The number of hydrogen-bond donors (Lipinski definition) is 4. The number of nitrogens with one attached hydrogen (secondary N) is 3. The quantitative estimate of drug-likeness (QED) is 0.266. The summed E-state index contributed by atoms with van der Waals surface area (Å²) < 4.78 is 10.6. The van der Waals surface area contributed by atoms with Crippen LogP contribution in [0.1, 0.15) is 64.9 Å². The molecule has 0 spiro atoms. The van der Waals surface area contributed by atoms with E-state index in [-0.39, 0.29) is 18.6 Å². The number of epoxide rings is 1. The fraction of sp³-hybridized carbons (Fsp3) is 0.643. The number of ether oxygens (including phenoxy) is 2. The van der Waals surface area contributed by atoms with Gasteiger partial charge in [-0.1, -0.05) is 37.8 Å². The Bertz CT molecular complexity index is 985. The van der Waals surface area contributed by atoms with Crippen molar-refractivity contribution in [1.82, 2.24) is 16.0 Å². The van der Waals surface area contributed by atoms with Crippen LogP contribution in [0.25, 0.3) is 0 Å². The van der Waals surface area contributed by atoms with E-state index in [9.17, 15) is 24.3 Å². The molecule has 4 N–H and O–H groups in total. The van der Waals surface area contributed by atoms with Crippen molar-refractivity contribution in [3.63, 3.8) is 0 Å². The topological polar surface area (TPSA) is 146 Å². The summed E-state index contributed by atoms with van der Waals surface area (Å²) in [7, 11) is 1.56. The molecule has 5 atom stereocenters. The highest BCUT2D eigenvalue weighted by atomic mass is 16.6. The first-order chi connectivity index (χ1) is 18.0. The summed E-state index contributed by atoms with van der Waals surface area (Å²) in [6.07, 6.45) is 4.00. The number of methoxy groups -OCH3 is 1. The molecule has 210 valence electrons. The fourth-order valence-electron chi connectivity index (χ4n) is 4.84. The summed E-state index contributed by atoms with van der Waals surface area (Å²) in [6, 6.07) is 4.52. The zero-order valence-electron chi connectivity index (χ0n) is 22.7. The number of carbonyl (C=O) groups excluding carboxylic acids is 4. The summed E-state index contributed by atoms with van der Waals surface area (Å²) in [6.45, 7) is 5.06. The number of rotatable bonds is 14. The van der Waals surface area contributed by atoms with Gasteiger partial charge in [0.05, 0.1) is 32.3 Å². The molecule has 1 aromatic carbocycles. The smallest absolute Gasteiger partial charge is 0.243 e. The van der Waals surface area contributed by atoms with Gasteiger partial charge >= 0.3 is 0 Å². The van der Waals surface area contributed by atoms with E-state index in [1.165, 1.54) is 13.8 Å². The first-order valence-electron chi connectivity index (χ1n) is 13.4. The number of aliphatic hydroxyl groups is 1. The molecule has 0 radical (unpaired) electrons. The molecule has 0 bridgehead atoms. The summed E-state index contributed by atoms with van der Waals surface area (Å²) >= 11 is 0. The highest BCUT2D eigenvalue weighted by Crippen LogP contribution is 2.33. The van der Waals surface area contributed by atoms with Crippen LogP contribution in [0.2, 0.25) is 0 Å². The van der Waals surface area contributed by atoms with E-state index in [0.29, 0.717) is 24.7 Å². The highest BCUT2D eigenvalue weighted by Gasteiger charge is 2.50. The number of ketones is 1. The lowest BCUT2D eigenvalue weighted by Crippen LogP contribution is -2.57. The van der Waals surface area contributed by atoms with Gasteiger partial charge in [-0.3, -0.25) is 19.2 Å². The molecule has 1 aliphatic carbocycles. The van der Waals surface area contributed by atoms with Gasteiger partial charge in [-0.15, -0.1) is 0 Å². The maximum absolute atomic E-state index is 13.6. The second-order valence-electron chi connectivity index (χ2n) is 10.8. The molecular formula is C28H41N3O7. The van der Waals surface area contributed by atoms with Crippen molar-refractivity contribution < 1.29 is 33.8 Å². The van der Waals surface area contributed by atoms with E-state index >= 15 is 0 Å². The number of aliphatic hydroxyl groups excluding tert-OH is 1. The number of Topliss-reactive ketones (excluding diaryl/α,β-unsaturated/α-hetero) is 1. The van der Waals surface area contributed by atoms with E-state index in [1.54, 1.807) is 38.3 Å². The van der Waals surface area contributed by atoms with Crippen LogP contribution in [-0.2, 0) is 30.3 Å². The average molecular weight is 532 g/mol. The zero-order chi connectivity index (χ0) is 27.9. The molecule has 3 amide bonds. The maximum Gasteiger partial charge on any atom is 0.243 e. The lowest BCUT2D eigenvalue weighted by molar-refractivity contribution is -0.134. The van der Waals surface area contributed by atoms with Gasteiger partial charge in [0.2, 0.25) is 17.7 Å². The standard InChI is InChI=1S/C28H41N3O7/c1-17(32)13-24(33)29-18(2)26(35)31-23(15-20-9-11-21(37-4)12-10-20)27(36)30-22(14-19-7-5-6-8-19)25(34)28(3)16-38-28/h9-12,17-19,22-23,32H,5-8,13-16H2,1-4H3,(H,29,33)(H,30,36)(H,31,35). The molecule has 2 aliphatic rings. The van der Waals surface area contributed by atoms with Crippen LogP contribution in [0.3, 0.4) is 0 Å². The molecule has 2 fully saturated rings. The van der Waals surface area contributed by atoms with Crippen LogP contribution in [0.4, 0.5) is 0 Å². The first-order valence-corrected chi connectivity index (χ1v) is 13.4. The number of hydrogen-bond acceptors (Lipinski definition) is 7. The van der Waals surface area contributed by atoms with Crippen molar-refractivity contribution in [3.05, 3.63) is 29.8 Å². The molecule has 3 rings (SSSR count). The molecule has 10 heteroatoms. The van der Waals surface area contributed by atoms with Gasteiger partial charge in [-0.05, 0) is 50.8 Å². The highest BCUT2D eigenvalue weighted by molar-refractivity contribution is 5.98. The van der Waals surface area contributed by atoms with Crippen LogP contribution < -0.4 is 20.7 Å². The van der Waals surface area contributed by atoms with E-state index in [1.807, 2.05) is 0 Å². The van der Waals surface area contributed by atoms with E-state index in [0.717, 1.165) is 31.2 Å². The minimum absolute atomic E-state index is 0.140. The van der Waals surface area contributed by atoms with Gasteiger partial charge < -0.3 is 30.5 Å². The van der Waals surface area contributed by atoms with Crippen molar-refractivity contribution in [3.8, 4) is 5.75 Å². The number of amides is 3. The summed E-state index contributed by atoms with van der Waals surface area (Å²) in [5, 5.41) is 17.6. The Morgan fingerprint density at radius 2 is 1.63 bits per heavy atom. The van der Waals surface area contributed by atoms with Crippen LogP contribution in [0, 0.1) is 5.92 Å². The molecular weight excluding hydrogens is 490 g/mol. The fourth-order valence-corrected chi connectivity index (χ4v) is 4.84. The summed E-state index contributed by atoms with van der Waals surface area (Å²) in [5.41, 5.74) is -0.0957. The van der Waals surface area contributed by atoms with E-state index < -0.39 is 47.6 Å². The predicted molar refractivity (Wildman–Crippen MR) is 140 cm³/mol. The van der Waals surface area contributed by atoms with Crippen LogP contribution in [0.5, 0.6) is 5.75 Å². The zero-order valence-corrected chi connectivity index (χ0v) is 22.7. The minimum Gasteiger partial charge on any atom is -0.497 e. The summed E-state index contributed by atoms with van der Waals surface area (Å²) in [5.74, 6) is -0.630. The molecule has 1 aliphatic heterocycles. The predicted octanol–water partition coefficient (Wildman–Crippen LogP) is 1.42. The van der Waals surface area contributed by atoms with Gasteiger partial charge in [0, 0.05) is 6.42 Å². The lowest BCUT2D eigenvalue weighted by Gasteiger charge is -2.26. The van der Waals surface area contributed by atoms with Crippen molar-refractivity contribution in [2.75, 3.05) is 13.7 Å². The monoisotopic (exact) mass is 531 g/mol. The molecule has 1 aromatic rings. The molecule has 0 aromatic heterocycles. The Morgan fingerprint density at radius 3 is 2.18 bits per heavy atom. The van der Waals surface area contributed by atoms with Gasteiger partial charge in [-0.2, -0.15) is 0 Å². The Labute approximate surface area is 224 Å². The largest absolute Gasteiger partial charge is 0.497 e. The van der Waals surface area contributed by atoms with Gasteiger partial charge in [0.25, 0.3) is 0 Å². The second-order valence-corrected chi connectivity index (χ2v) is 10.8. The molecule has 10 nitrogen and oxygen atoms in total. The van der Waals surface area contributed by atoms with Crippen LogP contribution in [0.15, 0.2) is 24.3 Å². The Balaban J connectivity index is 1.75. The lowest BCUT2D eigenvalue weighted by atomic mass is 9.90. The van der Waals surface area contributed by atoms with Crippen molar-refractivity contribution in [2.24, 2.45) is 5.92 Å². The normalized spacial score (nSPS) is 22.0. The molecule has 5 unspecified atom stereocenters. The van der Waals surface area contributed by atoms with Crippen molar-refractivity contribution in [2.45, 2.75) is 95.5 Å². The minimum atomic E-state index is -0.987. The SMILES string of the molecule is COc1ccc(CC(NC(=O)C(C)NC(=O)CC(C)O)C(=O)NC(CC2CCCC2)C(=O)C2(C)CO2)cc1. The molecule has 38 heavy (non-hydrogen) atoms. The third-order valence-electron chi connectivity index (χ3n) is 7.26. The van der Waals surface area contributed by atoms with Gasteiger partial charge in [0.1, 0.15) is 23.4 Å². The Kier molecular flexibility index (Phi) is 10.3. The number of benzene rings is 1. The first kappa shape index (κ1) is 29.6. The van der Waals surface area contributed by atoms with E-state index in [4.69, 9.17) is 9.47 Å². The second kappa shape index (κ2) is 13.2. The third kappa shape index (κ3) is 8.52. The van der Waals surface area contributed by atoms with Crippen molar-refractivity contribution in [1.29, 1.82) is 0 Å². The van der Waals surface area contributed by atoms with Crippen LogP contribution >= 0.6 is 0 Å². The molecule has 1 saturated heterocycles. The van der Waals surface area contributed by atoms with Crippen LogP contribution in [-0.4, -0.2) is 72.2 Å². The summed E-state index contributed by atoms with van der Waals surface area (Å²) in [4.78, 5) is 51.8. The maximum atomic E-state index is 13.6. The van der Waals surface area contributed by atoms with E-state index in [2.05, 4.69) is 16.0 Å². The van der Waals surface area contributed by atoms with Crippen molar-refractivity contribution >= 4 is 23.5 Å². The number of carbonyl (C=O) groups is 4. The average Bonchev–Trinajstić information content (AvgIpc) is 3.41. The Hall–Kier alpha value is -2.98. The molecule has 1 saturated carbocycles. The third-order valence-corrected chi connectivity index (χ3v) is 7.26. The van der Waals surface area contributed by atoms with Gasteiger partial charge in [0.15, 0.2) is 5.78 Å². The van der Waals surface area contributed by atoms with Gasteiger partial charge in [-0.25, -0.2) is 0 Å². The Morgan fingerprint density at radius 1 is 1.03 bits per heavy atom.